The van der Waals surface area contributed by atoms with Crippen LogP contribution in [0, 0.1) is 0 Å². The minimum absolute atomic E-state index is 0.0538. The summed E-state index contributed by atoms with van der Waals surface area (Å²) < 4.78 is 5.51. The molecule has 1 amide bonds. The summed E-state index contributed by atoms with van der Waals surface area (Å²) in [5, 5.41) is 4.12. The molecular weight excluding hydrogens is 252 g/mol. The van der Waals surface area contributed by atoms with Crippen molar-refractivity contribution in [2.75, 3.05) is 13.7 Å². The highest BCUT2D eigenvalue weighted by Crippen LogP contribution is 2.34. The van der Waals surface area contributed by atoms with Gasteiger partial charge in [0.05, 0.1) is 12.0 Å². The fourth-order valence-electron chi connectivity index (χ4n) is 2.80. The van der Waals surface area contributed by atoms with E-state index in [4.69, 9.17) is 4.74 Å². The lowest BCUT2D eigenvalue weighted by Crippen LogP contribution is -2.49. The second kappa shape index (κ2) is 5.29. The van der Waals surface area contributed by atoms with E-state index in [0.717, 1.165) is 29.3 Å². The van der Waals surface area contributed by atoms with E-state index < -0.39 is 0 Å². The predicted octanol–water partition coefficient (Wildman–Crippen LogP) is 2.40. The van der Waals surface area contributed by atoms with Crippen molar-refractivity contribution in [3.8, 4) is 0 Å². The van der Waals surface area contributed by atoms with Gasteiger partial charge in [0.2, 0.25) is 5.91 Å². The Hall–Kier alpha value is -1.81. The molecule has 0 atom stereocenters. The van der Waals surface area contributed by atoms with Gasteiger partial charge in [0, 0.05) is 30.8 Å². The first-order valence-electron chi connectivity index (χ1n) is 7.09. The molecule has 1 saturated carbocycles. The van der Waals surface area contributed by atoms with Crippen molar-refractivity contribution in [2.24, 2.45) is 0 Å². The fourth-order valence-corrected chi connectivity index (χ4v) is 2.80. The van der Waals surface area contributed by atoms with E-state index in [1.165, 1.54) is 6.42 Å². The summed E-state index contributed by atoms with van der Waals surface area (Å²) in [5.41, 5.74) is 2.00. The smallest absolute Gasteiger partial charge is 0.224 e. The van der Waals surface area contributed by atoms with Crippen LogP contribution in [0.2, 0.25) is 0 Å². The molecule has 4 heteroatoms. The van der Waals surface area contributed by atoms with Crippen LogP contribution < -0.4 is 5.32 Å². The number of aromatic nitrogens is 1. The Labute approximate surface area is 118 Å². The highest BCUT2D eigenvalue weighted by Gasteiger charge is 2.37. The summed E-state index contributed by atoms with van der Waals surface area (Å²) >= 11 is 0. The minimum atomic E-state index is -0.115. The van der Waals surface area contributed by atoms with Gasteiger partial charge in [-0.05, 0) is 30.9 Å². The van der Waals surface area contributed by atoms with Crippen LogP contribution in [-0.2, 0) is 16.0 Å². The van der Waals surface area contributed by atoms with Crippen molar-refractivity contribution in [3.63, 3.8) is 0 Å². The fraction of sp³-hybridized carbons (Fsp3) is 0.438. The van der Waals surface area contributed by atoms with Crippen molar-refractivity contribution in [1.29, 1.82) is 0 Å². The van der Waals surface area contributed by atoms with Crippen molar-refractivity contribution < 1.29 is 9.53 Å². The van der Waals surface area contributed by atoms with E-state index in [9.17, 15) is 4.79 Å². The van der Waals surface area contributed by atoms with Gasteiger partial charge < -0.3 is 15.0 Å². The van der Waals surface area contributed by atoms with Crippen LogP contribution >= 0.6 is 0 Å². The maximum absolute atomic E-state index is 12.1. The van der Waals surface area contributed by atoms with E-state index in [0.29, 0.717) is 13.0 Å². The quantitative estimate of drug-likeness (QED) is 0.878. The van der Waals surface area contributed by atoms with Crippen molar-refractivity contribution >= 4 is 16.8 Å². The third-order valence-corrected chi connectivity index (χ3v) is 4.33. The Kier molecular flexibility index (Phi) is 3.49. The van der Waals surface area contributed by atoms with Crippen LogP contribution in [0.4, 0.5) is 0 Å². The number of carbonyl (C=O) groups excluding carboxylic acids is 1. The molecule has 2 N–H and O–H groups in total. The second-order valence-corrected chi connectivity index (χ2v) is 5.55. The SMILES string of the molecule is COC1(CNC(=O)Cc2c[nH]c3ccccc23)CCC1. The summed E-state index contributed by atoms with van der Waals surface area (Å²) in [6, 6.07) is 8.04. The van der Waals surface area contributed by atoms with E-state index in [2.05, 4.69) is 10.3 Å². The number of benzene rings is 1. The highest BCUT2D eigenvalue weighted by molar-refractivity contribution is 5.88. The van der Waals surface area contributed by atoms with Gasteiger partial charge in [0.15, 0.2) is 0 Å². The Morgan fingerprint density at radius 1 is 1.40 bits per heavy atom. The molecule has 1 aliphatic carbocycles. The first-order chi connectivity index (χ1) is 9.72. The molecule has 1 aromatic carbocycles. The number of methoxy groups -OCH3 is 1. The molecule has 0 saturated heterocycles. The lowest BCUT2D eigenvalue weighted by atomic mass is 9.80. The zero-order valence-corrected chi connectivity index (χ0v) is 11.7. The van der Waals surface area contributed by atoms with Gasteiger partial charge in [0.1, 0.15) is 0 Å². The molecule has 1 heterocycles. The maximum atomic E-state index is 12.1. The van der Waals surface area contributed by atoms with E-state index in [1.54, 1.807) is 7.11 Å². The number of hydrogen-bond donors (Lipinski definition) is 2. The molecule has 1 aromatic heterocycles. The number of fused-ring (bicyclic) bond motifs is 1. The third kappa shape index (κ3) is 2.43. The van der Waals surface area contributed by atoms with Crippen molar-refractivity contribution in [3.05, 3.63) is 36.0 Å². The van der Waals surface area contributed by atoms with E-state index >= 15 is 0 Å². The Bertz CT molecular complexity index is 608. The van der Waals surface area contributed by atoms with Gasteiger partial charge >= 0.3 is 0 Å². The number of rotatable bonds is 5. The van der Waals surface area contributed by atoms with Crippen molar-refractivity contribution in [1.82, 2.24) is 10.3 Å². The Morgan fingerprint density at radius 2 is 2.20 bits per heavy atom. The monoisotopic (exact) mass is 272 g/mol. The zero-order chi connectivity index (χ0) is 14.0. The van der Waals surface area contributed by atoms with Crippen LogP contribution in [0.15, 0.2) is 30.5 Å². The molecule has 0 bridgehead atoms. The first-order valence-corrected chi connectivity index (χ1v) is 7.09. The summed E-state index contributed by atoms with van der Waals surface area (Å²) in [4.78, 5) is 15.3. The van der Waals surface area contributed by atoms with E-state index in [-0.39, 0.29) is 11.5 Å². The molecule has 106 valence electrons. The van der Waals surface area contributed by atoms with Crippen LogP contribution in [0.5, 0.6) is 0 Å². The molecule has 20 heavy (non-hydrogen) atoms. The normalized spacial score (nSPS) is 16.9. The number of carbonyl (C=O) groups is 1. The third-order valence-electron chi connectivity index (χ3n) is 4.33. The summed E-state index contributed by atoms with van der Waals surface area (Å²) in [7, 11) is 1.73. The highest BCUT2D eigenvalue weighted by atomic mass is 16.5. The van der Waals surface area contributed by atoms with Gasteiger partial charge in [-0.15, -0.1) is 0 Å². The molecule has 0 radical (unpaired) electrons. The summed E-state index contributed by atoms with van der Waals surface area (Å²) in [6.07, 6.45) is 5.59. The molecule has 1 fully saturated rings. The number of hydrogen-bond acceptors (Lipinski definition) is 2. The number of amides is 1. The standard InChI is InChI=1S/C16H20N2O2/c1-20-16(7-4-8-16)11-18-15(19)9-12-10-17-14-6-3-2-5-13(12)14/h2-3,5-6,10,17H,4,7-9,11H2,1H3,(H,18,19). The molecule has 0 unspecified atom stereocenters. The average molecular weight is 272 g/mol. The van der Waals surface area contributed by atoms with Gasteiger partial charge in [-0.3, -0.25) is 4.79 Å². The Balaban J connectivity index is 1.61. The molecule has 3 rings (SSSR count). The predicted molar refractivity (Wildman–Crippen MR) is 78.6 cm³/mol. The van der Waals surface area contributed by atoms with Gasteiger partial charge in [-0.25, -0.2) is 0 Å². The second-order valence-electron chi connectivity index (χ2n) is 5.55. The topological polar surface area (TPSA) is 54.1 Å². The minimum Gasteiger partial charge on any atom is -0.376 e. The number of ether oxygens (including phenoxy) is 1. The summed E-state index contributed by atoms with van der Waals surface area (Å²) in [5.74, 6) is 0.0538. The largest absolute Gasteiger partial charge is 0.376 e. The molecule has 1 aliphatic rings. The zero-order valence-electron chi connectivity index (χ0n) is 11.7. The van der Waals surface area contributed by atoms with Crippen molar-refractivity contribution in [2.45, 2.75) is 31.3 Å². The average Bonchev–Trinajstić information content (AvgIpc) is 2.82. The van der Waals surface area contributed by atoms with E-state index in [1.807, 2.05) is 30.5 Å². The molecule has 0 spiro atoms. The molecular formula is C16H20N2O2. The van der Waals surface area contributed by atoms with Gasteiger partial charge in [0.25, 0.3) is 0 Å². The van der Waals surface area contributed by atoms with Crippen LogP contribution in [0.1, 0.15) is 24.8 Å². The lowest BCUT2D eigenvalue weighted by molar-refractivity contribution is -0.124. The molecule has 0 aliphatic heterocycles. The number of para-hydroxylation sites is 1. The number of H-pyrrole nitrogens is 1. The number of nitrogens with one attached hydrogen (secondary N) is 2. The van der Waals surface area contributed by atoms with Crippen LogP contribution in [0.25, 0.3) is 10.9 Å². The lowest BCUT2D eigenvalue weighted by Gasteiger charge is -2.40. The number of aromatic amines is 1. The summed E-state index contributed by atoms with van der Waals surface area (Å²) in [6.45, 7) is 0.616. The molecule has 2 aromatic rings. The van der Waals surface area contributed by atoms with Gasteiger partial charge in [-0.1, -0.05) is 18.2 Å². The van der Waals surface area contributed by atoms with Gasteiger partial charge in [-0.2, -0.15) is 0 Å². The molecule has 4 nitrogen and oxygen atoms in total. The van der Waals surface area contributed by atoms with Crippen LogP contribution in [-0.4, -0.2) is 30.1 Å². The maximum Gasteiger partial charge on any atom is 0.224 e. The first kappa shape index (κ1) is 13.2. The Morgan fingerprint density at radius 3 is 2.90 bits per heavy atom. The van der Waals surface area contributed by atoms with Crippen LogP contribution in [0.3, 0.4) is 0 Å².